The van der Waals surface area contributed by atoms with E-state index in [1.54, 1.807) is 43.1 Å². The standard InChI is InChI=1S/C19H20BrClN2O3/c1-12(26-18-8-7-15(21)10-17(18)20)19(25)22-16-6-4-5-14(9-16)11-23(3)13(2)24/h4-10,12H,11H2,1-3H3,(H,22,25). The number of anilines is 1. The van der Waals surface area contributed by atoms with E-state index in [2.05, 4.69) is 21.2 Å². The first kappa shape index (κ1) is 20.3. The quantitative estimate of drug-likeness (QED) is 0.721. The van der Waals surface area contributed by atoms with Gasteiger partial charge in [-0.05, 0) is 58.7 Å². The Morgan fingerprint density at radius 3 is 2.65 bits per heavy atom. The molecule has 0 fully saturated rings. The zero-order chi connectivity index (χ0) is 19.3. The third kappa shape index (κ3) is 5.75. The van der Waals surface area contributed by atoms with Gasteiger partial charge in [-0.2, -0.15) is 0 Å². The lowest BCUT2D eigenvalue weighted by Gasteiger charge is -2.17. The molecule has 0 saturated carbocycles. The van der Waals surface area contributed by atoms with Crippen LogP contribution in [0.2, 0.25) is 5.02 Å². The van der Waals surface area contributed by atoms with Gasteiger partial charge in [0.2, 0.25) is 5.91 Å². The topological polar surface area (TPSA) is 58.6 Å². The zero-order valence-electron chi connectivity index (χ0n) is 14.8. The summed E-state index contributed by atoms with van der Waals surface area (Å²) in [5.74, 6) is 0.243. The Morgan fingerprint density at radius 1 is 1.27 bits per heavy atom. The predicted octanol–water partition coefficient (Wildman–Crippen LogP) is 4.49. The molecule has 7 heteroatoms. The SMILES string of the molecule is CC(=O)N(C)Cc1cccc(NC(=O)C(C)Oc2ccc(Cl)cc2Br)c1. The highest BCUT2D eigenvalue weighted by Gasteiger charge is 2.16. The van der Waals surface area contributed by atoms with E-state index in [9.17, 15) is 9.59 Å². The summed E-state index contributed by atoms with van der Waals surface area (Å²) in [7, 11) is 1.73. The number of rotatable bonds is 6. The molecule has 138 valence electrons. The van der Waals surface area contributed by atoms with Crippen molar-refractivity contribution in [3.63, 3.8) is 0 Å². The molecule has 0 saturated heterocycles. The van der Waals surface area contributed by atoms with Crippen LogP contribution in [0.25, 0.3) is 0 Å². The lowest BCUT2D eigenvalue weighted by atomic mass is 10.2. The van der Waals surface area contributed by atoms with E-state index in [1.807, 2.05) is 18.2 Å². The third-order valence-electron chi connectivity index (χ3n) is 3.72. The van der Waals surface area contributed by atoms with Gasteiger partial charge in [-0.3, -0.25) is 9.59 Å². The lowest BCUT2D eigenvalue weighted by Crippen LogP contribution is -2.30. The maximum atomic E-state index is 12.4. The molecule has 0 aliphatic rings. The monoisotopic (exact) mass is 438 g/mol. The van der Waals surface area contributed by atoms with E-state index < -0.39 is 6.10 Å². The van der Waals surface area contributed by atoms with Crippen LogP contribution in [0.5, 0.6) is 5.75 Å². The van der Waals surface area contributed by atoms with Crippen molar-refractivity contribution < 1.29 is 14.3 Å². The van der Waals surface area contributed by atoms with E-state index in [1.165, 1.54) is 6.92 Å². The van der Waals surface area contributed by atoms with Crippen molar-refractivity contribution in [1.82, 2.24) is 4.90 Å². The molecular weight excluding hydrogens is 420 g/mol. The van der Waals surface area contributed by atoms with Crippen LogP contribution in [0.4, 0.5) is 5.69 Å². The number of carbonyl (C=O) groups is 2. The summed E-state index contributed by atoms with van der Waals surface area (Å²) >= 11 is 9.27. The second-order valence-corrected chi connectivity index (χ2v) is 7.19. The maximum absolute atomic E-state index is 12.4. The van der Waals surface area contributed by atoms with Crippen molar-refractivity contribution in [3.05, 3.63) is 57.5 Å². The van der Waals surface area contributed by atoms with E-state index in [0.717, 1.165) is 5.56 Å². The Labute approximate surface area is 166 Å². The number of nitrogens with zero attached hydrogens (tertiary/aromatic N) is 1. The number of hydrogen-bond acceptors (Lipinski definition) is 3. The Balaban J connectivity index is 2.01. The fourth-order valence-corrected chi connectivity index (χ4v) is 2.97. The summed E-state index contributed by atoms with van der Waals surface area (Å²) in [6, 6.07) is 12.5. The molecule has 0 aliphatic heterocycles. The second kappa shape index (κ2) is 9.05. The summed E-state index contributed by atoms with van der Waals surface area (Å²) in [5.41, 5.74) is 1.57. The van der Waals surface area contributed by atoms with Crippen molar-refractivity contribution in [2.24, 2.45) is 0 Å². The normalized spacial score (nSPS) is 11.6. The van der Waals surface area contributed by atoms with Gasteiger partial charge < -0.3 is 15.0 Å². The fraction of sp³-hybridized carbons (Fsp3) is 0.263. The molecule has 1 unspecified atom stereocenters. The number of carbonyl (C=O) groups excluding carboxylic acids is 2. The van der Waals surface area contributed by atoms with E-state index >= 15 is 0 Å². The Morgan fingerprint density at radius 2 is 2.00 bits per heavy atom. The first-order valence-electron chi connectivity index (χ1n) is 7.99. The zero-order valence-corrected chi connectivity index (χ0v) is 17.1. The number of ether oxygens (including phenoxy) is 1. The van der Waals surface area contributed by atoms with Crippen LogP contribution in [-0.4, -0.2) is 29.9 Å². The summed E-state index contributed by atoms with van der Waals surface area (Å²) in [4.78, 5) is 25.3. The van der Waals surface area contributed by atoms with Gasteiger partial charge in [0.15, 0.2) is 6.10 Å². The molecule has 26 heavy (non-hydrogen) atoms. The second-order valence-electron chi connectivity index (χ2n) is 5.90. The highest BCUT2D eigenvalue weighted by atomic mass is 79.9. The minimum absolute atomic E-state index is 0.0185. The Bertz CT molecular complexity index is 813. The molecule has 2 aromatic carbocycles. The van der Waals surface area contributed by atoms with E-state index in [-0.39, 0.29) is 11.8 Å². The molecule has 1 N–H and O–H groups in total. The molecule has 0 aliphatic carbocycles. The Kier molecular flexibility index (Phi) is 7.06. The van der Waals surface area contributed by atoms with Crippen LogP contribution in [0, 0.1) is 0 Å². The van der Waals surface area contributed by atoms with Crippen molar-refractivity contribution in [2.75, 3.05) is 12.4 Å². The number of hydrogen-bond donors (Lipinski definition) is 1. The van der Waals surface area contributed by atoms with Crippen LogP contribution in [-0.2, 0) is 16.1 Å². The predicted molar refractivity (Wildman–Crippen MR) is 106 cm³/mol. The van der Waals surface area contributed by atoms with Gasteiger partial charge in [-0.25, -0.2) is 0 Å². The summed E-state index contributed by atoms with van der Waals surface area (Å²) < 4.78 is 6.37. The summed E-state index contributed by atoms with van der Waals surface area (Å²) in [6.07, 6.45) is -0.698. The molecule has 5 nitrogen and oxygen atoms in total. The van der Waals surface area contributed by atoms with Crippen molar-refractivity contribution in [1.29, 1.82) is 0 Å². The highest BCUT2D eigenvalue weighted by molar-refractivity contribution is 9.10. The highest BCUT2D eigenvalue weighted by Crippen LogP contribution is 2.29. The van der Waals surface area contributed by atoms with Crippen LogP contribution >= 0.6 is 27.5 Å². The maximum Gasteiger partial charge on any atom is 0.265 e. The minimum Gasteiger partial charge on any atom is -0.480 e. The van der Waals surface area contributed by atoms with Gasteiger partial charge in [-0.15, -0.1) is 0 Å². The third-order valence-corrected chi connectivity index (χ3v) is 4.57. The molecule has 2 amide bonds. The molecule has 0 heterocycles. The molecule has 0 radical (unpaired) electrons. The number of benzene rings is 2. The van der Waals surface area contributed by atoms with Gasteiger partial charge in [0.1, 0.15) is 5.75 Å². The lowest BCUT2D eigenvalue weighted by molar-refractivity contribution is -0.128. The van der Waals surface area contributed by atoms with E-state index in [0.29, 0.717) is 27.5 Å². The van der Waals surface area contributed by atoms with E-state index in [4.69, 9.17) is 16.3 Å². The average Bonchev–Trinajstić information content (AvgIpc) is 2.57. The van der Waals surface area contributed by atoms with Crippen molar-refractivity contribution >= 4 is 45.0 Å². The molecule has 1 atom stereocenters. The number of nitrogens with one attached hydrogen (secondary N) is 1. The summed E-state index contributed by atoms with van der Waals surface area (Å²) in [6.45, 7) is 3.66. The smallest absolute Gasteiger partial charge is 0.265 e. The van der Waals surface area contributed by atoms with Gasteiger partial charge >= 0.3 is 0 Å². The number of amides is 2. The summed E-state index contributed by atoms with van der Waals surface area (Å²) in [5, 5.41) is 3.40. The van der Waals surface area contributed by atoms with Crippen LogP contribution in [0.15, 0.2) is 46.9 Å². The fourth-order valence-electron chi connectivity index (χ4n) is 2.19. The Hall–Kier alpha value is -2.05. The number of halogens is 2. The van der Waals surface area contributed by atoms with Gasteiger partial charge in [0.05, 0.1) is 4.47 Å². The molecule has 2 rings (SSSR count). The molecular formula is C19H20BrClN2O3. The van der Waals surface area contributed by atoms with Gasteiger partial charge in [0, 0.05) is 31.2 Å². The van der Waals surface area contributed by atoms with Crippen molar-refractivity contribution in [3.8, 4) is 5.75 Å². The molecule has 2 aromatic rings. The van der Waals surface area contributed by atoms with Crippen LogP contribution < -0.4 is 10.1 Å². The molecule has 0 aromatic heterocycles. The van der Waals surface area contributed by atoms with Crippen LogP contribution in [0.1, 0.15) is 19.4 Å². The van der Waals surface area contributed by atoms with Gasteiger partial charge in [0.25, 0.3) is 5.91 Å². The van der Waals surface area contributed by atoms with Crippen molar-refractivity contribution in [2.45, 2.75) is 26.5 Å². The largest absolute Gasteiger partial charge is 0.480 e. The first-order valence-corrected chi connectivity index (χ1v) is 9.16. The first-order chi connectivity index (χ1) is 12.3. The minimum atomic E-state index is -0.698. The molecule has 0 spiro atoms. The molecule has 0 bridgehead atoms. The average molecular weight is 440 g/mol. The van der Waals surface area contributed by atoms with Gasteiger partial charge in [-0.1, -0.05) is 23.7 Å². The van der Waals surface area contributed by atoms with Crippen LogP contribution in [0.3, 0.4) is 0 Å².